The summed E-state index contributed by atoms with van der Waals surface area (Å²) < 4.78 is 5.73. The summed E-state index contributed by atoms with van der Waals surface area (Å²) in [5.74, 6) is 1.51. The lowest BCUT2D eigenvalue weighted by Gasteiger charge is -2.22. The van der Waals surface area contributed by atoms with E-state index in [1.807, 2.05) is 0 Å². The van der Waals surface area contributed by atoms with Crippen molar-refractivity contribution < 1.29 is 4.74 Å². The first kappa shape index (κ1) is 15.5. The molecule has 0 amide bonds. The van der Waals surface area contributed by atoms with Gasteiger partial charge in [0, 0.05) is 12.6 Å². The number of ether oxygens (including phenoxy) is 1. The van der Waals surface area contributed by atoms with Gasteiger partial charge in [-0.15, -0.1) is 0 Å². The quantitative estimate of drug-likeness (QED) is 0.785. The summed E-state index contributed by atoms with van der Waals surface area (Å²) in [6, 6.07) is 0.543. The molecule has 2 aliphatic rings. The van der Waals surface area contributed by atoms with Crippen molar-refractivity contribution in [1.82, 2.24) is 14.9 Å². The van der Waals surface area contributed by atoms with Gasteiger partial charge in [-0.3, -0.25) is 0 Å². The number of aromatic nitrogens is 2. The fourth-order valence-corrected chi connectivity index (χ4v) is 3.38. The summed E-state index contributed by atoms with van der Waals surface area (Å²) in [6.45, 7) is 4.40. The van der Waals surface area contributed by atoms with Gasteiger partial charge in [-0.2, -0.15) is 0 Å². The highest BCUT2D eigenvalue weighted by Gasteiger charge is 2.14. The molecule has 1 saturated carbocycles. The molecule has 1 saturated heterocycles. The van der Waals surface area contributed by atoms with Gasteiger partial charge in [0.25, 0.3) is 0 Å². The Morgan fingerprint density at radius 3 is 2.50 bits per heavy atom. The van der Waals surface area contributed by atoms with Crippen molar-refractivity contribution in [3.05, 3.63) is 12.4 Å². The predicted molar refractivity (Wildman–Crippen MR) is 88.3 cm³/mol. The second-order valence-corrected chi connectivity index (χ2v) is 6.47. The number of anilines is 1. The third kappa shape index (κ3) is 4.83. The number of hydrogen-bond acceptors (Lipinski definition) is 5. The lowest BCUT2D eigenvalue weighted by atomic mass is 9.96. The van der Waals surface area contributed by atoms with Gasteiger partial charge in [0.15, 0.2) is 5.75 Å². The van der Waals surface area contributed by atoms with Crippen molar-refractivity contribution >= 4 is 5.95 Å². The largest absolute Gasteiger partial charge is 0.490 e. The SMILES string of the molecule is c1nc(NC2CCCCC2)ncc1OCCCN1CCCC1. The Bertz CT molecular complexity index is 425. The van der Waals surface area contributed by atoms with E-state index >= 15 is 0 Å². The van der Waals surface area contributed by atoms with E-state index in [0.717, 1.165) is 31.3 Å². The molecule has 0 unspecified atom stereocenters. The fraction of sp³-hybridized carbons (Fsp3) is 0.765. The summed E-state index contributed by atoms with van der Waals surface area (Å²) in [5, 5.41) is 3.43. The van der Waals surface area contributed by atoms with E-state index in [1.54, 1.807) is 12.4 Å². The molecular formula is C17H28N4O. The van der Waals surface area contributed by atoms with Crippen molar-refractivity contribution in [3.8, 4) is 5.75 Å². The van der Waals surface area contributed by atoms with E-state index in [9.17, 15) is 0 Å². The maximum atomic E-state index is 5.73. The van der Waals surface area contributed by atoms with E-state index in [-0.39, 0.29) is 0 Å². The van der Waals surface area contributed by atoms with E-state index in [4.69, 9.17) is 4.74 Å². The second kappa shape index (κ2) is 8.32. The molecule has 0 aromatic carbocycles. The molecule has 1 aliphatic heterocycles. The first-order valence-electron chi connectivity index (χ1n) is 8.84. The van der Waals surface area contributed by atoms with Crippen molar-refractivity contribution in [3.63, 3.8) is 0 Å². The van der Waals surface area contributed by atoms with Crippen LogP contribution in [0.5, 0.6) is 5.75 Å². The van der Waals surface area contributed by atoms with Crippen LogP contribution in [0.4, 0.5) is 5.95 Å². The maximum absolute atomic E-state index is 5.73. The predicted octanol–water partition coefficient (Wildman–Crippen LogP) is 3.09. The van der Waals surface area contributed by atoms with Crippen molar-refractivity contribution in [1.29, 1.82) is 0 Å². The van der Waals surface area contributed by atoms with Gasteiger partial charge >= 0.3 is 0 Å². The van der Waals surface area contributed by atoms with Crippen LogP contribution in [0.3, 0.4) is 0 Å². The number of nitrogens with one attached hydrogen (secondary N) is 1. The molecular weight excluding hydrogens is 276 g/mol. The minimum Gasteiger partial charge on any atom is -0.490 e. The lowest BCUT2D eigenvalue weighted by Crippen LogP contribution is -2.23. The Kier molecular flexibility index (Phi) is 5.87. The average Bonchev–Trinajstić information content (AvgIpc) is 3.07. The van der Waals surface area contributed by atoms with Crippen LogP contribution in [0.1, 0.15) is 51.4 Å². The smallest absolute Gasteiger partial charge is 0.223 e. The molecule has 1 aliphatic carbocycles. The third-order valence-electron chi connectivity index (χ3n) is 4.65. The number of hydrogen-bond donors (Lipinski definition) is 1. The van der Waals surface area contributed by atoms with Crippen molar-refractivity contribution in [2.45, 2.75) is 57.4 Å². The minimum absolute atomic E-state index is 0.543. The Labute approximate surface area is 133 Å². The highest BCUT2D eigenvalue weighted by atomic mass is 16.5. The molecule has 2 heterocycles. The summed E-state index contributed by atoms with van der Waals surface area (Å²) in [6.07, 6.45) is 13.8. The third-order valence-corrected chi connectivity index (χ3v) is 4.65. The normalized spacial score (nSPS) is 20.2. The Hall–Kier alpha value is -1.36. The molecule has 1 aromatic heterocycles. The molecule has 0 spiro atoms. The molecule has 2 fully saturated rings. The molecule has 5 heteroatoms. The van der Waals surface area contributed by atoms with Crippen LogP contribution < -0.4 is 10.1 Å². The molecule has 0 atom stereocenters. The molecule has 1 N–H and O–H groups in total. The Morgan fingerprint density at radius 2 is 1.77 bits per heavy atom. The zero-order valence-corrected chi connectivity index (χ0v) is 13.5. The van der Waals surface area contributed by atoms with Gasteiger partial charge in [0.05, 0.1) is 19.0 Å². The van der Waals surface area contributed by atoms with Crippen LogP contribution in [-0.4, -0.2) is 47.2 Å². The van der Waals surface area contributed by atoms with Gasteiger partial charge in [-0.25, -0.2) is 9.97 Å². The van der Waals surface area contributed by atoms with Crippen LogP contribution in [-0.2, 0) is 0 Å². The Morgan fingerprint density at radius 1 is 1.05 bits per heavy atom. The van der Waals surface area contributed by atoms with E-state index in [2.05, 4.69) is 20.2 Å². The van der Waals surface area contributed by atoms with Crippen molar-refractivity contribution in [2.24, 2.45) is 0 Å². The van der Waals surface area contributed by atoms with Crippen LogP contribution in [0.15, 0.2) is 12.4 Å². The van der Waals surface area contributed by atoms with Gasteiger partial charge in [0.2, 0.25) is 5.95 Å². The molecule has 0 bridgehead atoms. The number of nitrogens with zero attached hydrogens (tertiary/aromatic N) is 3. The molecule has 1 aromatic rings. The number of rotatable bonds is 7. The highest BCUT2D eigenvalue weighted by molar-refractivity contribution is 5.28. The second-order valence-electron chi connectivity index (χ2n) is 6.47. The van der Waals surface area contributed by atoms with Gasteiger partial charge < -0.3 is 15.0 Å². The molecule has 22 heavy (non-hydrogen) atoms. The minimum atomic E-state index is 0.543. The Balaban J connectivity index is 1.35. The maximum Gasteiger partial charge on any atom is 0.223 e. The highest BCUT2D eigenvalue weighted by Crippen LogP contribution is 2.20. The van der Waals surface area contributed by atoms with Gasteiger partial charge in [0.1, 0.15) is 0 Å². The van der Waals surface area contributed by atoms with Gasteiger partial charge in [-0.05, 0) is 45.2 Å². The standard InChI is InChI=1S/C17H28N4O/c1-2-7-15(8-3-1)20-17-18-13-16(14-19-17)22-12-6-11-21-9-4-5-10-21/h13-15H,1-12H2,(H,18,19,20). The van der Waals surface area contributed by atoms with E-state index in [1.165, 1.54) is 58.0 Å². The summed E-state index contributed by atoms with van der Waals surface area (Å²) in [5.41, 5.74) is 0. The summed E-state index contributed by atoms with van der Waals surface area (Å²) in [4.78, 5) is 11.3. The molecule has 3 rings (SSSR count). The van der Waals surface area contributed by atoms with Crippen LogP contribution in [0.2, 0.25) is 0 Å². The topological polar surface area (TPSA) is 50.3 Å². The fourth-order valence-electron chi connectivity index (χ4n) is 3.38. The van der Waals surface area contributed by atoms with Crippen molar-refractivity contribution in [2.75, 3.05) is 31.6 Å². The lowest BCUT2D eigenvalue weighted by molar-refractivity contribution is 0.262. The average molecular weight is 304 g/mol. The van der Waals surface area contributed by atoms with Gasteiger partial charge in [-0.1, -0.05) is 19.3 Å². The zero-order valence-electron chi connectivity index (χ0n) is 13.5. The molecule has 5 nitrogen and oxygen atoms in total. The first-order valence-corrected chi connectivity index (χ1v) is 8.84. The zero-order chi connectivity index (χ0) is 15.0. The summed E-state index contributed by atoms with van der Waals surface area (Å²) >= 11 is 0. The number of likely N-dealkylation sites (tertiary alicyclic amines) is 1. The molecule has 122 valence electrons. The van der Waals surface area contributed by atoms with Crippen LogP contribution >= 0.6 is 0 Å². The van der Waals surface area contributed by atoms with Crippen LogP contribution in [0.25, 0.3) is 0 Å². The summed E-state index contributed by atoms with van der Waals surface area (Å²) in [7, 11) is 0. The van der Waals surface area contributed by atoms with Crippen LogP contribution in [0, 0.1) is 0 Å². The molecule has 0 radical (unpaired) electrons. The first-order chi connectivity index (χ1) is 10.9. The van der Waals surface area contributed by atoms with E-state index < -0.39 is 0 Å². The monoisotopic (exact) mass is 304 g/mol. The van der Waals surface area contributed by atoms with E-state index in [0.29, 0.717) is 6.04 Å².